The Morgan fingerprint density at radius 3 is 2.55 bits per heavy atom. The van der Waals surface area contributed by atoms with E-state index in [2.05, 4.69) is 5.32 Å². The van der Waals surface area contributed by atoms with Crippen molar-refractivity contribution in [2.45, 2.75) is 38.6 Å². The normalized spacial score (nSPS) is 17.7. The van der Waals surface area contributed by atoms with E-state index in [1.807, 2.05) is 19.2 Å². The summed E-state index contributed by atoms with van der Waals surface area (Å²) in [5.41, 5.74) is 0.914. The summed E-state index contributed by atoms with van der Waals surface area (Å²) < 4.78 is 5.28. The summed E-state index contributed by atoms with van der Waals surface area (Å²) in [5, 5.41) is 13.9. The van der Waals surface area contributed by atoms with Gasteiger partial charge in [-0.2, -0.15) is 0 Å². The number of aliphatic carboxylic acids is 1. The Morgan fingerprint density at radius 2 is 2.05 bits per heavy atom. The number of carbonyl (C=O) groups excluding carboxylic acids is 1. The van der Waals surface area contributed by atoms with E-state index in [0.717, 1.165) is 10.4 Å². The van der Waals surface area contributed by atoms with Crippen molar-refractivity contribution in [1.29, 1.82) is 0 Å². The first-order valence-corrected chi connectivity index (χ1v) is 7.48. The number of nitrogens with one attached hydrogen (secondary N) is 1. The summed E-state index contributed by atoms with van der Waals surface area (Å²) in [5.74, 6) is -1.08. The summed E-state index contributed by atoms with van der Waals surface area (Å²) in [6.45, 7) is 4.84. The second-order valence-corrected chi connectivity index (χ2v) is 6.33. The van der Waals surface area contributed by atoms with Gasteiger partial charge in [0.15, 0.2) is 0 Å². The Balaban J connectivity index is 2.17. The van der Waals surface area contributed by atoms with Gasteiger partial charge in [0.1, 0.15) is 0 Å². The van der Waals surface area contributed by atoms with Gasteiger partial charge in [0.2, 0.25) is 0 Å². The molecule has 110 valence electrons. The lowest BCUT2D eigenvalue weighted by atomic mass is 9.86. The van der Waals surface area contributed by atoms with Gasteiger partial charge in [0, 0.05) is 23.5 Å². The number of thiophene rings is 1. The van der Waals surface area contributed by atoms with Crippen LogP contribution in [0.3, 0.4) is 0 Å². The highest BCUT2D eigenvalue weighted by Gasteiger charge is 2.37. The molecule has 1 fully saturated rings. The van der Waals surface area contributed by atoms with Gasteiger partial charge in [-0.1, -0.05) is 0 Å². The van der Waals surface area contributed by atoms with Crippen LogP contribution in [0.1, 0.15) is 40.1 Å². The predicted molar refractivity (Wildman–Crippen MR) is 76.3 cm³/mol. The van der Waals surface area contributed by atoms with E-state index in [1.165, 1.54) is 11.3 Å². The van der Waals surface area contributed by atoms with E-state index in [9.17, 15) is 9.59 Å². The van der Waals surface area contributed by atoms with Crippen molar-refractivity contribution in [2.24, 2.45) is 0 Å². The lowest BCUT2D eigenvalue weighted by Crippen LogP contribution is -2.53. The first-order valence-electron chi connectivity index (χ1n) is 6.60. The zero-order valence-electron chi connectivity index (χ0n) is 11.7. The zero-order valence-corrected chi connectivity index (χ0v) is 12.5. The van der Waals surface area contributed by atoms with Crippen molar-refractivity contribution in [2.75, 3.05) is 13.2 Å². The van der Waals surface area contributed by atoms with Crippen molar-refractivity contribution in [3.05, 3.63) is 21.4 Å². The van der Waals surface area contributed by atoms with E-state index in [1.54, 1.807) is 0 Å². The standard InChI is InChI=1S/C14H19NO4S/c1-9-10(2)20-8-11(9)13(18)15-14(7-12(16)17)3-5-19-6-4-14/h8H,3-7H2,1-2H3,(H,15,18)(H,16,17). The van der Waals surface area contributed by atoms with Gasteiger partial charge in [-0.15, -0.1) is 11.3 Å². The Labute approximate surface area is 121 Å². The molecule has 0 spiro atoms. The van der Waals surface area contributed by atoms with Crippen LogP contribution in [-0.2, 0) is 9.53 Å². The minimum atomic E-state index is -0.898. The molecule has 0 aromatic carbocycles. The molecule has 20 heavy (non-hydrogen) atoms. The Hall–Kier alpha value is -1.40. The fourth-order valence-corrected chi connectivity index (χ4v) is 3.31. The van der Waals surface area contributed by atoms with E-state index in [4.69, 9.17) is 9.84 Å². The minimum Gasteiger partial charge on any atom is -0.481 e. The van der Waals surface area contributed by atoms with Crippen molar-refractivity contribution in [1.82, 2.24) is 5.32 Å². The smallest absolute Gasteiger partial charge is 0.305 e. The molecular weight excluding hydrogens is 278 g/mol. The summed E-state index contributed by atoms with van der Waals surface area (Å²) in [6.07, 6.45) is 1.00. The molecule has 1 aliphatic rings. The van der Waals surface area contributed by atoms with Crippen LogP contribution in [0, 0.1) is 13.8 Å². The van der Waals surface area contributed by atoms with Gasteiger partial charge in [-0.05, 0) is 32.3 Å². The molecule has 0 aliphatic carbocycles. The molecular formula is C14H19NO4S. The molecule has 0 unspecified atom stereocenters. The maximum Gasteiger partial charge on any atom is 0.305 e. The zero-order chi connectivity index (χ0) is 14.8. The fourth-order valence-electron chi connectivity index (χ4n) is 2.44. The minimum absolute atomic E-state index is 0.0652. The topological polar surface area (TPSA) is 75.6 Å². The SMILES string of the molecule is Cc1scc(C(=O)NC2(CC(=O)O)CCOCC2)c1C. The highest BCUT2D eigenvalue weighted by Crippen LogP contribution is 2.27. The lowest BCUT2D eigenvalue weighted by molar-refractivity contribution is -0.139. The molecule has 2 rings (SSSR count). The van der Waals surface area contributed by atoms with E-state index >= 15 is 0 Å². The van der Waals surface area contributed by atoms with Gasteiger partial charge in [-0.25, -0.2) is 0 Å². The largest absolute Gasteiger partial charge is 0.481 e. The lowest BCUT2D eigenvalue weighted by Gasteiger charge is -2.36. The molecule has 6 heteroatoms. The summed E-state index contributed by atoms with van der Waals surface area (Å²) in [6, 6.07) is 0. The third-order valence-electron chi connectivity index (χ3n) is 3.85. The van der Waals surface area contributed by atoms with Gasteiger partial charge in [0.25, 0.3) is 5.91 Å². The Kier molecular flexibility index (Phi) is 4.45. The third-order valence-corrected chi connectivity index (χ3v) is 4.86. The molecule has 1 aromatic rings. The first kappa shape index (κ1) is 15.0. The van der Waals surface area contributed by atoms with Crippen LogP contribution >= 0.6 is 11.3 Å². The Bertz CT molecular complexity index is 517. The highest BCUT2D eigenvalue weighted by molar-refractivity contribution is 7.10. The molecule has 0 saturated carbocycles. The number of rotatable bonds is 4. The van der Waals surface area contributed by atoms with Crippen LogP contribution < -0.4 is 5.32 Å². The van der Waals surface area contributed by atoms with E-state index in [-0.39, 0.29) is 12.3 Å². The third kappa shape index (κ3) is 3.19. The van der Waals surface area contributed by atoms with Gasteiger partial charge >= 0.3 is 5.97 Å². The quantitative estimate of drug-likeness (QED) is 0.892. The molecule has 1 amide bonds. The molecule has 0 bridgehead atoms. The Morgan fingerprint density at radius 1 is 1.40 bits per heavy atom. The van der Waals surface area contributed by atoms with Crippen molar-refractivity contribution in [3.8, 4) is 0 Å². The molecule has 0 radical (unpaired) electrons. The molecule has 2 heterocycles. The average molecular weight is 297 g/mol. The number of hydrogen-bond donors (Lipinski definition) is 2. The molecule has 1 aromatic heterocycles. The highest BCUT2D eigenvalue weighted by atomic mass is 32.1. The van der Waals surface area contributed by atoms with Crippen LogP contribution in [-0.4, -0.2) is 35.7 Å². The van der Waals surface area contributed by atoms with Crippen LogP contribution in [0.5, 0.6) is 0 Å². The maximum absolute atomic E-state index is 12.4. The average Bonchev–Trinajstić information content (AvgIpc) is 2.70. The monoisotopic (exact) mass is 297 g/mol. The second kappa shape index (κ2) is 5.93. The van der Waals surface area contributed by atoms with Crippen molar-refractivity contribution < 1.29 is 19.4 Å². The number of carboxylic acid groups (broad SMARTS) is 1. The van der Waals surface area contributed by atoms with Gasteiger partial charge in [-0.3, -0.25) is 9.59 Å². The first-order chi connectivity index (χ1) is 9.43. The van der Waals surface area contributed by atoms with Gasteiger partial charge in [0.05, 0.1) is 17.5 Å². The fraction of sp³-hybridized carbons (Fsp3) is 0.571. The number of ether oxygens (including phenoxy) is 1. The molecule has 1 aliphatic heterocycles. The predicted octanol–water partition coefficient (Wildman–Crippen LogP) is 2.12. The van der Waals surface area contributed by atoms with Crippen molar-refractivity contribution >= 4 is 23.2 Å². The summed E-state index contributed by atoms with van der Waals surface area (Å²) in [4.78, 5) is 24.6. The van der Waals surface area contributed by atoms with Crippen LogP contribution in [0.4, 0.5) is 0 Å². The van der Waals surface area contributed by atoms with Crippen molar-refractivity contribution in [3.63, 3.8) is 0 Å². The number of carbonyl (C=O) groups is 2. The maximum atomic E-state index is 12.4. The van der Waals surface area contributed by atoms with Gasteiger partial charge < -0.3 is 15.2 Å². The van der Waals surface area contributed by atoms with E-state index in [0.29, 0.717) is 31.6 Å². The summed E-state index contributed by atoms with van der Waals surface area (Å²) in [7, 11) is 0. The molecule has 0 atom stereocenters. The number of carboxylic acids is 1. The van der Waals surface area contributed by atoms with Crippen LogP contribution in [0.25, 0.3) is 0 Å². The second-order valence-electron chi connectivity index (χ2n) is 5.25. The number of aryl methyl sites for hydroxylation is 1. The molecule has 1 saturated heterocycles. The van der Waals surface area contributed by atoms with Crippen LogP contribution in [0.2, 0.25) is 0 Å². The molecule has 5 nitrogen and oxygen atoms in total. The molecule has 2 N–H and O–H groups in total. The summed E-state index contributed by atoms with van der Waals surface area (Å²) >= 11 is 1.53. The van der Waals surface area contributed by atoms with E-state index < -0.39 is 11.5 Å². The van der Waals surface area contributed by atoms with Crippen LogP contribution in [0.15, 0.2) is 5.38 Å². The number of hydrogen-bond acceptors (Lipinski definition) is 4. The number of amides is 1.